The SMILES string of the molecule is CC(C)(C)NC(=O)CCc1nnc(-c2ccccn2)o1. The van der Waals surface area contributed by atoms with Crippen LogP contribution in [0.1, 0.15) is 33.1 Å². The Balaban J connectivity index is 1.92. The Labute approximate surface area is 117 Å². The van der Waals surface area contributed by atoms with Crippen LogP contribution < -0.4 is 5.32 Å². The standard InChI is InChI=1S/C14H18N4O2/c1-14(2,3)16-11(19)7-8-12-17-18-13(20-12)10-6-4-5-9-15-10/h4-6,9H,7-8H2,1-3H3,(H,16,19). The smallest absolute Gasteiger partial charge is 0.266 e. The van der Waals surface area contributed by atoms with Crippen LogP contribution in [0.25, 0.3) is 11.6 Å². The van der Waals surface area contributed by atoms with E-state index in [-0.39, 0.29) is 11.4 Å². The molecule has 0 aromatic carbocycles. The fraction of sp³-hybridized carbons (Fsp3) is 0.429. The highest BCUT2D eigenvalue weighted by Gasteiger charge is 2.15. The first-order valence-electron chi connectivity index (χ1n) is 6.49. The highest BCUT2D eigenvalue weighted by molar-refractivity contribution is 5.76. The molecule has 2 rings (SSSR count). The second-order valence-electron chi connectivity index (χ2n) is 5.51. The van der Waals surface area contributed by atoms with Gasteiger partial charge in [-0.15, -0.1) is 10.2 Å². The van der Waals surface area contributed by atoms with Crippen LogP contribution in [-0.4, -0.2) is 26.6 Å². The second-order valence-corrected chi connectivity index (χ2v) is 5.51. The van der Waals surface area contributed by atoms with Gasteiger partial charge in [0.15, 0.2) is 0 Å². The van der Waals surface area contributed by atoms with Gasteiger partial charge in [-0.3, -0.25) is 9.78 Å². The van der Waals surface area contributed by atoms with Gasteiger partial charge in [0, 0.05) is 24.6 Å². The minimum Gasteiger partial charge on any atom is -0.419 e. The molecule has 20 heavy (non-hydrogen) atoms. The Morgan fingerprint density at radius 1 is 1.30 bits per heavy atom. The van der Waals surface area contributed by atoms with Crippen LogP contribution in [0.3, 0.4) is 0 Å². The van der Waals surface area contributed by atoms with E-state index in [2.05, 4.69) is 20.5 Å². The summed E-state index contributed by atoms with van der Waals surface area (Å²) < 4.78 is 5.49. The summed E-state index contributed by atoms with van der Waals surface area (Å²) in [7, 11) is 0. The van der Waals surface area contributed by atoms with E-state index in [9.17, 15) is 4.79 Å². The highest BCUT2D eigenvalue weighted by Crippen LogP contribution is 2.15. The first-order chi connectivity index (χ1) is 9.44. The lowest BCUT2D eigenvalue weighted by Gasteiger charge is -2.20. The summed E-state index contributed by atoms with van der Waals surface area (Å²) in [5.41, 5.74) is 0.399. The summed E-state index contributed by atoms with van der Waals surface area (Å²) >= 11 is 0. The van der Waals surface area contributed by atoms with Crippen molar-refractivity contribution >= 4 is 5.91 Å². The molecular weight excluding hydrogens is 256 g/mol. The van der Waals surface area contributed by atoms with Crippen molar-refractivity contribution in [2.24, 2.45) is 0 Å². The minimum atomic E-state index is -0.231. The van der Waals surface area contributed by atoms with Crippen molar-refractivity contribution in [3.63, 3.8) is 0 Å². The molecule has 6 nitrogen and oxygen atoms in total. The maximum Gasteiger partial charge on any atom is 0.266 e. The van der Waals surface area contributed by atoms with E-state index < -0.39 is 0 Å². The van der Waals surface area contributed by atoms with Gasteiger partial charge >= 0.3 is 0 Å². The first kappa shape index (κ1) is 14.2. The van der Waals surface area contributed by atoms with Crippen LogP contribution in [0.5, 0.6) is 0 Å². The van der Waals surface area contributed by atoms with Gasteiger partial charge in [-0.2, -0.15) is 0 Å². The van der Waals surface area contributed by atoms with Gasteiger partial charge in [0.2, 0.25) is 11.8 Å². The van der Waals surface area contributed by atoms with Crippen LogP contribution in [-0.2, 0) is 11.2 Å². The molecule has 0 fully saturated rings. The van der Waals surface area contributed by atoms with Crippen molar-refractivity contribution in [2.45, 2.75) is 39.2 Å². The zero-order valence-electron chi connectivity index (χ0n) is 11.9. The maximum atomic E-state index is 11.7. The lowest BCUT2D eigenvalue weighted by molar-refractivity contribution is -0.122. The molecule has 0 saturated heterocycles. The Morgan fingerprint density at radius 3 is 2.75 bits per heavy atom. The number of amides is 1. The summed E-state index contributed by atoms with van der Waals surface area (Å²) in [4.78, 5) is 15.8. The van der Waals surface area contributed by atoms with Crippen LogP contribution in [0, 0.1) is 0 Å². The molecule has 2 heterocycles. The van der Waals surface area contributed by atoms with E-state index in [4.69, 9.17) is 4.42 Å². The number of rotatable bonds is 4. The number of pyridine rings is 1. The minimum absolute atomic E-state index is 0.0323. The highest BCUT2D eigenvalue weighted by atomic mass is 16.4. The molecule has 0 unspecified atom stereocenters. The van der Waals surface area contributed by atoms with E-state index in [1.54, 1.807) is 12.3 Å². The molecule has 0 aliphatic carbocycles. The van der Waals surface area contributed by atoms with Crippen LogP contribution >= 0.6 is 0 Å². The van der Waals surface area contributed by atoms with Gasteiger partial charge in [0.05, 0.1) is 0 Å². The molecule has 0 radical (unpaired) electrons. The van der Waals surface area contributed by atoms with Gasteiger partial charge in [-0.1, -0.05) is 6.07 Å². The Hall–Kier alpha value is -2.24. The topological polar surface area (TPSA) is 80.9 Å². The zero-order chi connectivity index (χ0) is 14.6. The quantitative estimate of drug-likeness (QED) is 0.922. The molecule has 1 amide bonds. The molecule has 0 spiro atoms. The number of aryl methyl sites for hydroxylation is 1. The van der Waals surface area contributed by atoms with Gasteiger partial charge in [-0.25, -0.2) is 0 Å². The van der Waals surface area contributed by atoms with Crippen LogP contribution in [0.4, 0.5) is 0 Å². The molecule has 2 aromatic rings. The van der Waals surface area contributed by atoms with Crippen LogP contribution in [0.15, 0.2) is 28.8 Å². The fourth-order valence-corrected chi connectivity index (χ4v) is 1.65. The largest absolute Gasteiger partial charge is 0.419 e. The number of aromatic nitrogens is 3. The summed E-state index contributed by atoms with van der Waals surface area (Å²) in [5, 5.41) is 10.7. The average Bonchev–Trinajstić information content (AvgIpc) is 2.84. The van der Waals surface area contributed by atoms with Crippen LogP contribution in [0.2, 0.25) is 0 Å². The Kier molecular flexibility index (Phi) is 4.12. The molecule has 0 saturated carbocycles. The van der Waals surface area contributed by atoms with Crippen molar-refractivity contribution in [1.29, 1.82) is 0 Å². The molecular formula is C14H18N4O2. The summed E-state index contributed by atoms with van der Waals surface area (Å²) in [6, 6.07) is 5.46. The Bertz CT molecular complexity index is 572. The number of carbonyl (C=O) groups is 1. The predicted octanol–water partition coefficient (Wildman–Crippen LogP) is 1.98. The van der Waals surface area contributed by atoms with Gasteiger partial charge in [0.1, 0.15) is 5.69 Å². The number of hydrogen-bond donors (Lipinski definition) is 1. The van der Waals surface area contributed by atoms with Crippen molar-refractivity contribution in [1.82, 2.24) is 20.5 Å². The molecule has 0 aliphatic heterocycles. The van der Waals surface area contributed by atoms with Crippen molar-refractivity contribution in [2.75, 3.05) is 0 Å². The van der Waals surface area contributed by atoms with E-state index in [0.29, 0.717) is 30.3 Å². The monoisotopic (exact) mass is 274 g/mol. The van der Waals surface area contributed by atoms with Gasteiger partial charge < -0.3 is 9.73 Å². The van der Waals surface area contributed by atoms with E-state index in [1.807, 2.05) is 32.9 Å². The summed E-state index contributed by atoms with van der Waals surface area (Å²) in [6.45, 7) is 5.82. The molecule has 0 bridgehead atoms. The van der Waals surface area contributed by atoms with E-state index >= 15 is 0 Å². The molecule has 1 N–H and O–H groups in total. The molecule has 0 atom stereocenters. The van der Waals surface area contributed by atoms with Crippen molar-refractivity contribution < 1.29 is 9.21 Å². The molecule has 2 aromatic heterocycles. The second kappa shape index (κ2) is 5.81. The van der Waals surface area contributed by atoms with Gasteiger partial charge in [0.25, 0.3) is 5.89 Å². The normalized spacial score (nSPS) is 11.3. The van der Waals surface area contributed by atoms with E-state index in [1.165, 1.54) is 0 Å². The molecule has 0 aliphatic rings. The third kappa shape index (κ3) is 4.15. The zero-order valence-corrected chi connectivity index (χ0v) is 11.9. The fourth-order valence-electron chi connectivity index (χ4n) is 1.65. The van der Waals surface area contributed by atoms with Crippen molar-refractivity contribution in [3.8, 4) is 11.6 Å². The number of carbonyl (C=O) groups excluding carboxylic acids is 1. The summed E-state index contributed by atoms with van der Waals surface area (Å²) in [5.74, 6) is 0.779. The lowest BCUT2D eigenvalue weighted by Crippen LogP contribution is -2.40. The maximum absolute atomic E-state index is 11.7. The predicted molar refractivity (Wildman–Crippen MR) is 73.7 cm³/mol. The number of nitrogens with zero attached hydrogens (tertiary/aromatic N) is 3. The molecule has 106 valence electrons. The first-order valence-corrected chi connectivity index (χ1v) is 6.49. The molecule has 6 heteroatoms. The third-order valence-corrected chi connectivity index (χ3v) is 2.43. The Morgan fingerprint density at radius 2 is 2.10 bits per heavy atom. The summed E-state index contributed by atoms with van der Waals surface area (Å²) in [6.07, 6.45) is 2.40. The average molecular weight is 274 g/mol. The van der Waals surface area contributed by atoms with Crippen molar-refractivity contribution in [3.05, 3.63) is 30.3 Å². The lowest BCUT2D eigenvalue weighted by atomic mass is 10.1. The number of hydrogen-bond acceptors (Lipinski definition) is 5. The number of nitrogens with one attached hydrogen (secondary N) is 1. The third-order valence-electron chi connectivity index (χ3n) is 2.43. The van der Waals surface area contributed by atoms with E-state index in [0.717, 1.165) is 0 Å². The van der Waals surface area contributed by atoms with Gasteiger partial charge in [-0.05, 0) is 32.9 Å².